The van der Waals surface area contributed by atoms with Crippen LogP contribution in [0.1, 0.15) is 45.1 Å². The Balaban J connectivity index is 2.11. The molecule has 0 saturated carbocycles. The Morgan fingerprint density at radius 3 is 2.30 bits per heavy atom. The van der Waals surface area contributed by atoms with Crippen LogP contribution >= 0.6 is 0 Å². The number of carbonyl (C=O) groups is 1. The molecule has 0 fully saturated rings. The van der Waals surface area contributed by atoms with Crippen molar-refractivity contribution in [1.82, 2.24) is 24.7 Å². The van der Waals surface area contributed by atoms with E-state index in [9.17, 15) is 9.59 Å². The average molecular weight is 450 g/mol. The van der Waals surface area contributed by atoms with E-state index in [-0.39, 0.29) is 17.1 Å². The monoisotopic (exact) mass is 449 g/mol. The Labute approximate surface area is 196 Å². The predicted molar refractivity (Wildman–Crippen MR) is 134 cm³/mol. The summed E-state index contributed by atoms with van der Waals surface area (Å²) in [5.41, 5.74) is 1.16. The van der Waals surface area contributed by atoms with Crippen LogP contribution in [0.5, 0.6) is 0 Å². The summed E-state index contributed by atoms with van der Waals surface area (Å²) >= 11 is 0. The van der Waals surface area contributed by atoms with Crippen molar-refractivity contribution in [1.29, 1.82) is 0 Å². The van der Waals surface area contributed by atoms with Gasteiger partial charge in [-0.15, -0.1) is 0 Å². The van der Waals surface area contributed by atoms with Crippen molar-refractivity contribution in [3.8, 4) is 0 Å². The number of para-hydroxylation sites is 1. The molecular weight excluding hydrogens is 414 g/mol. The largest absolute Gasteiger partial charge is 0.333 e. The van der Waals surface area contributed by atoms with Gasteiger partial charge in [0.05, 0.1) is 23.5 Å². The first kappa shape index (κ1) is 24.5. The van der Waals surface area contributed by atoms with E-state index in [4.69, 9.17) is 4.98 Å². The van der Waals surface area contributed by atoms with E-state index in [0.29, 0.717) is 36.4 Å². The number of likely N-dealkylation sites (N-methyl/N-ethyl adjacent to an activating group) is 1. The summed E-state index contributed by atoms with van der Waals surface area (Å²) in [5.74, 6) is 0.574. The van der Waals surface area contributed by atoms with Gasteiger partial charge in [-0.2, -0.15) is 0 Å². The third kappa shape index (κ3) is 6.20. The van der Waals surface area contributed by atoms with E-state index in [1.54, 1.807) is 15.5 Å². The van der Waals surface area contributed by atoms with Crippen LogP contribution in [0, 0.1) is 0 Å². The smallest absolute Gasteiger partial charge is 0.318 e. The number of carbonyl (C=O) groups excluding carboxylic acids is 1. The zero-order valence-electron chi connectivity index (χ0n) is 20.5. The lowest BCUT2D eigenvalue weighted by molar-refractivity contribution is 0.160. The van der Waals surface area contributed by atoms with Gasteiger partial charge < -0.3 is 15.1 Å². The molecule has 0 spiro atoms. The summed E-state index contributed by atoms with van der Waals surface area (Å²) in [6, 6.07) is 16.6. The van der Waals surface area contributed by atoms with E-state index in [1.165, 1.54) is 0 Å². The molecule has 1 atom stereocenters. The standard InChI is InChI=1S/C26H35N5O2/c1-19(30(17-16-29(5)6)25(33)28-26(2,3)4)23-27-22-15-11-10-14-21(22)24(32)31(23)18-20-12-8-7-9-13-20/h7-15,19H,16-18H2,1-6H3,(H,28,33). The number of hydrogen-bond acceptors (Lipinski definition) is 4. The molecule has 0 saturated heterocycles. The summed E-state index contributed by atoms with van der Waals surface area (Å²) in [5, 5.41) is 3.64. The van der Waals surface area contributed by atoms with Gasteiger partial charge in [-0.05, 0) is 59.5 Å². The van der Waals surface area contributed by atoms with Crippen molar-refractivity contribution in [2.24, 2.45) is 0 Å². The predicted octanol–water partition coefficient (Wildman–Crippen LogP) is 3.88. The van der Waals surface area contributed by atoms with Crippen LogP contribution in [0.3, 0.4) is 0 Å². The molecule has 1 heterocycles. The van der Waals surface area contributed by atoms with E-state index < -0.39 is 6.04 Å². The van der Waals surface area contributed by atoms with Gasteiger partial charge in [0.15, 0.2) is 0 Å². The van der Waals surface area contributed by atoms with Crippen LogP contribution in [-0.2, 0) is 6.54 Å². The fourth-order valence-corrected chi connectivity index (χ4v) is 3.73. The highest BCUT2D eigenvalue weighted by Gasteiger charge is 2.28. The SMILES string of the molecule is CC(c1nc2ccccc2c(=O)n1Cc1ccccc1)N(CCN(C)C)C(=O)NC(C)(C)C. The van der Waals surface area contributed by atoms with E-state index in [1.807, 2.05) is 95.2 Å². The summed E-state index contributed by atoms with van der Waals surface area (Å²) in [4.78, 5) is 35.5. The first-order valence-corrected chi connectivity index (χ1v) is 11.3. The number of rotatable bonds is 7. The molecule has 7 nitrogen and oxygen atoms in total. The number of aromatic nitrogens is 2. The molecule has 0 aliphatic carbocycles. The second-order valence-electron chi connectivity index (χ2n) is 9.72. The molecule has 0 aliphatic heterocycles. The lowest BCUT2D eigenvalue weighted by Crippen LogP contribution is -2.51. The molecule has 2 amide bonds. The number of amides is 2. The molecule has 176 valence electrons. The first-order valence-electron chi connectivity index (χ1n) is 11.3. The lowest BCUT2D eigenvalue weighted by Gasteiger charge is -2.34. The normalized spacial score (nSPS) is 12.7. The zero-order valence-corrected chi connectivity index (χ0v) is 20.5. The average Bonchev–Trinajstić information content (AvgIpc) is 2.75. The van der Waals surface area contributed by atoms with Gasteiger partial charge in [0.2, 0.25) is 0 Å². The molecule has 0 bridgehead atoms. The van der Waals surface area contributed by atoms with Crippen molar-refractivity contribution >= 4 is 16.9 Å². The highest BCUT2D eigenvalue weighted by molar-refractivity contribution is 5.78. The Bertz CT molecular complexity index is 1150. The highest BCUT2D eigenvalue weighted by Crippen LogP contribution is 2.22. The van der Waals surface area contributed by atoms with E-state index >= 15 is 0 Å². The molecular formula is C26H35N5O2. The molecule has 7 heteroatoms. The maximum atomic E-state index is 13.5. The number of urea groups is 1. The second-order valence-corrected chi connectivity index (χ2v) is 9.72. The zero-order chi connectivity index (χ0) is 24.2. The third-order valence-corrected chi connectivity index (χ3v) is 5.45. The quantitative estimate of drug-likeness (QED) is 0.594. The van der Waals surface area contributed by atoms with Crippen molar-refractivity contribution in [2.45, 2.75) is 45.8 Å². The molecule has 1 aromatic heterocycles. The molecule has 1 unspecified atom stereocenters. The Morgan fingerprint density at radius 2 is 1.67 bits per heavy atom. The van der Waals surface area contributed by atoms with Gasteiger partial charge in [-0.25, -0.2) is 9.78 Å². The molecule has 1 N–H and O–H groups in total. The molecule has 2 aromatic carbocycles. The van der Waals surface area contributed by atoms with Gasteiger partial charge in [-0.1, -0.05) is 42.5 Å². The maximum absolute atomic E-state index is 13.5. The van der Waals surface area contributed by atoms with Crippen molar-refractivity contribution < 1.29 is 4.79 Å². The Hall–Kier alpha value is -3.19. The number of nitrogens with one attached hydrogen (secondary N) is 1. The molecule has 33 heavy (non-hydrogen) atoms. The Morgan fingerprint density at radius 1 is 1.03 bits per heavy atom. The summed E-state index contributed by atoms with van der Waals surface area (Å²) in [6.07, 6.45) is 0. The first-order chi connectivity index (χ1) is 15.6. The Kier molecular flexibility index (Phi) is 7.53. The minimum atomic E-state index is -0.409. The van der Waals surface area contributed by atoms with Gasteiger partial charge in [0.1, 0.15) is 5.82 Å². The summed E-state index contributed by atoms with van der Waals surface area (Å²) < 4.78 is 1.70. The molecule has 3 rings (SSSR count). The lowest BCUT2D eigenvalue weighted by atomic mass is 10.1. The topological polar surface area (TPSA) is 70.5 Å². The summed E-state index contributed by atoms with van der Waals surface area (Å²) in [6.45, 7) is 9.40. The van der Waals surface area contributed by atoms with Gasteiger partial charge in [0.25, 0.3) is 5.56 Å². The number of fused-ring (bicyclic) bond motifs is 1. The van der Waals surface area contributed by atoms with E-state index in [2.05, 4.69) is 5.32 Å². The third-order valence-electron chi connectivity index (χ3n) is 5.45. The summed E-state index contributed by atoms with van der Waals surface area (Å²) in [7, 11) is 3.95. The minimum absolute atomic E-state index is 0.102. The fraction of sp³-hybridized carbons (Fsp3) is 0.423. The highest BCUT2D eigenvalue weighted by atomic mass is 16.2. The van der Waals surface area contributed by atoms with Gasteiger partial charge >= 0.3 is 6.03 Å². The minimum Gasteiger partial charge on any atom is -0.333 e. The van der Waals surface area contributed by atoms with Crippen LogP contribution < -0.4 is 10.9 Å². The number of benzene rings is 2. The van der Waals surface area contributed by atoms with E-state index in [0.717, 1.165) is 5.56 Å². The maximum Gasteiger partial charge on any atom is 0.318 e. The van der Waals surface area contributed by atoms with Crippen LogP contribution in [0.4, 0.5) is 4.79 Å². The van der Waals surface area contributed by atoms with Crippen LogP contribution in [0.25, 0.3) is 10.9 Å². The fourth-order valence-electron chi connectivity index (χ4n) is 3.73. The molecule has 3 aromatic rings. The van der Waals surface area contributed by atoms with Crippen molar-refractivity contribution in [3.63, 3.8) is 0 Å². The van der Waals surface area contributed by atoms with Crippen molar-refractivity contribution in [3.05, 3.63) is 76.3 Å². The van der Waals surface area contributed by atoms with Crippen molar-refractivity contribution in [2.75, 3.05) is 27.2 Å². The van der Waals surface area contributed by atoms with Crippen LogP contribution in [-0.4, -0.2) is 58.1 Å². The molecule has 0 aliphatic rings. The number of nitrogens with zero attached hydrogens (tertiary/aromatic N) is 4. The second kappa shape index (κ2) is 10.2. The van der Waals surface area contributed by atoms with Gasteiger partial charge in [-0.3, -0.25) is 9.36 Å². The van der Waals surface area contributed by atoms with Crippen LogP contribution in [0.15, 0.2) is 59.4 Å². The van der Waals surface area contributed by atoms with Gasteiger partial charge in [0, 0.05) is 18.6 Å². The molecule has 0 radical (unpaired) electrons. The van der Waals surface area contributed by atoms with Crippen LogP contribution in [0.2, 0.25) is 0 Å². The number of hydrogen-bond donors (Lipinski definition) is 1.